The summed E-state index contributed by atoms with van der Waals surface area (Å²) in [4.78, 5) is 16.9. The van der Waals surface area contributed by atoms with E-state index in [1.807, 2.05) is 37.4 Å². The van der Waals surface area contributed by atoms with Crippen molar-refractivity contribution in [2.75, 3.05) is 13.2 Å². The molecule has 0 unspecified atom stereocenters. The van der Waals surface area contributed by atoms with Gasteiger partial charge in [0, 0.05) is 6.17 Å². The highest BCUT2D eigenvalue weighted by Gasteiger charge is 2.29. The van der Waals surface area contributed by atoms with Crippen LogP contribution in [0, 0.1) is 0 Å². The first-order chi connectivity index (χ1) is 10.1. The molecule has 1 saturated heterocycles. The first kappa shape index (κ1) is 15.6. The van der Waals surface area contributed by atoms with Gasteiger partial charge in [-0.25, -0.2) is 4.79 Å². The van der Waals surface area contributed by atoms with Gasteiger partial charge in [0.2, 0.25) is 0 Å². The molecule has 21 heavy (non-hydrogen) atoms. The molecule has 5 nitrogen and oxygen atoms in total. The van der Waals surface area contributed by atoms with Crippen molar-refractivity contribution >= 4 is 15.1 Å². The van der Waals surface area contributed by atoms with Crippen molar-refractivity contribution in [3.8, 4) is 0 Å². The van der Waals surface area contributed by atoms with Crippen LogP contribution in [-0.4, -0.2) is 44.3 Å². The Morgan fingerprint density at radius 1 is 1.52 bits per heavy atom. The number of ether oxygens (including phenoxy) is 1. The lowest BCUT2D eigenvalue weighted by Gasteiger charge is -2.35. The van der Waals surface area contributed by atoms with Gasteiger partial charge in [-0.2, -0.15) is 0 Å². The number of hydrogen-bond acceptors (Lipinski definition) is 4. The van der Waals surface area contributed by atoms with Crippen LogP contribution < -0.4 is 4.98 Å². The molecule has 0 saturated carbocycles. The van der Waals surface area contributed by atoms with Crippen molar-refractivity contribution in [1.82, 2.24) is 9.88 Å². The molecular formula is C15H22N2O3Si. The summed E-state index contributed by atoms with van der Waals surface area (Å²) in [5.74, 6) is 0.205. The van der Waals surface area contributed by atoms with Crippen LogP contribution in [0.15, 0.2) is 42.7 Å². The monoisotopic (exact) mass is 306 g/mol. The molecule has 1 aromatic rings. The summed E-state index contributed by atoms with van der Waals surface area (Å²) in [6.45, 7) is 3.89. The maximum Gasteiger partial charge on any atom is 0.399 e. The van der Waals surface area contributed by atoms with Gasteiger partial charge in [0.05, 0.1) is 6.04 Å². The number of carbonyl (C=O) groups excluding carboxylic acids is 1. The summed E-state index contributed by atoms with van der Waals surface area (Å²) in [5, 5.41) is 9.49. The number of nitrogens with one attached hydrogen (secondary N) is 1. The molecule has 114 valence electrons. The third kappa shape index (κ3) is 4.61. The van der Waals surface area contributed by atoms with Crippen molar-refractivity contribution in [2.45, 2.75) is 25.1 Å². The van der Waals surface area contributed by atoms with E-state index in [-0.39, 0.29) is 17.9 Å². The van der Waals surface area contributed by atoms with E-state index in [4.69, 9.17) is 4.74 Å². The Balaban J connectivity index is 1.75. The zero-order chi connectivity index (χ0) is 15.2. The van der Waals surface area contributed by atoms with Crippen LogP contribution in [0.25, 0.3) is 0 Å². The Morgan fingerprint density at radius 2 is 2.24 bits per heavy atom. The van der Waals surface area contributed by atoms with Crippen LogP contribution in [0.2, 0.25) is 6.04 Å². The summed E-state index contributed by atoms with van der Waals surface area (Å²) >= 11 is 0. The molecule has 0 aliphatic carbocycles. The van der Waals surface area contributed by atoms with Gasteiger partial charge in [-0.15, -0.1) is 0 Å². The second kappa shape index (κ2) is 7.28. The molecule has 2 atom stereocenters. The molecule has 2 rings (SSSR count). The van der Waals surface area contributed by atoms with Gasteiger partial charge in [-0.1, -0.05) is 36.9 Å². The van der Waals surface area contributed by atoms with E-state index in [1.54, 1.807) is 0 Å². The molecule has 1 aromatic carbocycles. The zero-order valence-corrected chi connectivity index (χ0v) is 13.4. The minimum atomic E-state index is -1.40. The van der Waals surface area contributed by atoms with Gasteiger partial charge in [-0.3, -0.25) is 4.90 Å². The van der Waals surface area contributed by atoms with E-state index in [2.05, 4.69) is 16.5 Å². The van der Waals surface area contributed by atoms with E-state index >= 15 is 0 Å². The molecule has 1 amide bonds. The largest absolute Gasteiger partial charge is 0.511 e. The second-order valence-corrected chi connectivity index (χ2v) is 8.05. The minimum Gasteiger partial charge on any atom is -0.511 e. The zero-order valence-electron chi connectivity index (χ0n) is 12.3. The number of amides is 1. The molecule has 1 aliphatic rings. The normalized spacial score (nSPS) is 22.5. The SMILES string of the molecule is C=C(O)[C@H]1CC[Si@H](NC(=O)OCc2ccccc2)CN1C. The maximum absolute atomic E-state index is 11.8. The number of nitrogens with zero attached hydrogens (tertiary/aromatic N) is 1. The van der Waals surface area contributed by atoms with Crippen molar-refractivity contribution < 1.29 is 14.6 Å². The van der Waals surface area contributed by atoms with E-state index in [0.29, 0.717) is 6.61 Å². The molecule has 6 heteroatoms. The fourth-order valence-electron chi connectivity index (χ4n) is 2.62. The van der Waals surface area contributed by atoms with Gasteiger partial charge < -0.3 is 14.8 Å². The molecule has 1 heterocycles. The Kier molecular flexibility index (Phi) is 5.41. The number of aliphatic hydroxyl groups excluding tert-OH is 1. The Labute approximate surface area is 126 Å². The fourth-order valence-corrected chi connectivity index (χ4v) is 5.12. The summed E-state index contributed by atoms with van der Waals surface area (Å²) in [6.07, 6.45) is 1.30. The smallest absolute Gasteiger partial charge is 0.399 e. The van der Waals surface area contributed by atoms with Crippen molar-refractivity contribution in [2.24, 2.45) is 0 Å². The van der Waals surface area contributed by atoms with E-state index in [9.17, 15) is 9.90 Å². The highest BCUT2D eigenvalue weighted by molar-refractivity contribution is 6.59. The van der Waals surface area contributed by atoms with E-state index in [1.165, 1.54) is 0 Å². The van der Waals surface area contributed by atoms with Crippen LogP contribution in [0.4, 0.5) is 4.79 Å². The predicted molar refractivity (Wildman–Crippen MR) is 84.5 cm³/mol. The van der Waals surface area contributed by atoms with Crippen molar-refractivity contribution in [3.05, 3.63) is 48.2 Å². The average molecular weight is 306 g/mol. The van der Waals surface area contributed by atoms with Crippen LogP contribution >= 0.6 is 0 Å². The average Bonchev–Trinajstić information content (AvgIpc) is 2.46. The summed E-state index contributed by atoms with van der Waals surface area (Å²) in [7, 11) is 0.549. The molecule has 2 N–H and O–H groups in total. The third-order valence-corrected chi connectivity index (χ3v) is 6.44. The van der Waals surface area contributed by atoms with Crippen LogP contribution in [-0.2, 0) is 11.3 Å². The number of carbonyl (C=O) groups is 1. The summed E-state index contributed by atoms with van der Waals surface area (Å²) in [5.41, 5.74) is 0.978. The second-order valence-electron chi connectivity index (χ2n) is 5.43. The number of hydrogen-bond donors (Lipinski definition) is 2. The highest BCUT2D eigenvalue weighted by atomic mass is 28.3. The van der Waals surface area contributed by atoms with Crippen molar-refractivity contribution in [1.29, 1.82) is 0 Å². The number of rotatable bonds is 4. The Hall–Kier alpha value is -1.79. The predicted octanol–water partition coefficient (Wildman–Crippen LogP) is 1.95. The van der Waals surface area contributed by atoms with Gasteiger partial charge in [0.15, 0.2) is 8.96 Å². The minimum absolute atomic E-state index is 0.0101. The van der Waals surface area contributed by atoms with Crippen LogP contribution in [0.1, 0.15) is 12.0 Å². The van der Waals surface area contributed by atoms with Crippen LogP contribution in [0.3, 0.4) is 0 Å². The lowest BCUT2D eigenvalue weighted by Crippen LogP contribution is -2.53. The fraction of sp³-hybridized carbons (Fsp3) is 0.400. The molecule has 0 aromatic heterocycles. The Bertz CT molecular complexity index is 495. The first-order valence-corrected chi connectivity index (χ1v) is 9.32. The quantitative estimate of drug-likeness (QED) is 0.659. The standard InChI is InChI=1S/C15H22N2O3Si/c1-12(18)14-8-9-21(11-17(14)2)16-15(19)20-10-13-6-4-3-5-7-13/h3-7,14,18,21H,1,8-11H2,2H3,(H,16,19)/t14-,21+/m1/s1. The molecule has 1 aliphatic heterocycles. The first-order valence-electron chi connectivity index (χ1n) is 7.11. The third-order valence-electron chi connectivity index (χ3n) is 3.75. The number of likely N-dealkylation sites (N-methyl/N-ethyl adjacent to an activating group) is 1. The Morgan fingerprint density at radius 3 is 2.86 bits per heavy atom. The maximum atomic E-state index is 11.8. The van der Waals surface area contributed by atoms with Gasteiger partial charge >= 0.3 is 6.09 Å². The van der Waals surface area contributed by atoms with Gasteiger partial charge in [-0.05, 0) is 25.1 Å². The number of benzene rings is 1. The summed E-state index contributed by atoms with van der Waals surface area (Å²) < 4.78 is 5.24. The van der Waals surface area contributed by atoms with Crippen molar-refractivity contribution in [3.63, 3.8) is 0 Å². The lowest BCUT2D eigenvalue weighted by molar-refractivity contribution is 0.144. The molecule has 1 fully saturated rings. The van der Waals surface area contributed by atoms with Gasteiger partial charge in [0.1, 0.15) is 12.4 Å². The van der Waals surface area contributed by atoms with Gasteiger partial charge in [0.25, 0.3) is 0 Å². The van der Waals surface area contributed by atoms with E-state index in [0.717, 1.165) is 24.2 Å². The molecule has 0 spiro atoms. The lowest BCUT2D eigenvalue weighted by atomic mass is 10.2. The van der Waals surface area contributed by atoms with E-state index < -0.39 is 8.96 Å². The molecular weight excluding hydrogens is 284 g/mol. The molecule has 0 bridgehead atoms. The highest BCUT2D eigenvalue weighted by Crippen LogP contribution is 2.18. The molecule has 0 radical (unpaired) electrons. The number of aliphatic hydroxyl groups is 1. The summed E-state index contributed by atoms with van der Waals surface area (Å²) in [6, 6.07) is 10.6. The topological polar surface area (TPSA) is 61.8 Å². The van der Waals surface area contributed by atoms with Crippen LogP contribution in [0.5, 0.6) is 0 Å².